The molecule has 4 fully saturated rings. The molecule has 0 aromatic rings. The maximum atomic E-state index is 11.3. The lowest BCUT2D eigenvalue weighted by Crippen LogP contribution is -2.29. The molecule has 0 aromatic heterocycles. The van der Waals surface area contributed by atoms with Crippen LogP contribution in [0.3, 0.4) is 0 Å². The first kappa shape index (κ1) is 17.3. The quantitative estimate of drug-likeness (QED) is 0.685. The molecule has 25 heavy (non-hydrogen) atoms. The molecule has 4 aliphatic rings. The fourth-order valence-electron chi connectivity index (χ4n) is 5.84. The number of rotatable bonds is 3. The molecule has 0 bridgehead atoms. The first-order chi connectivity index (χ1) is 11.9. The Kier molecular flexibility index (Phi) is 4.32. The Balaban J connectivity index is 1.50. The van der Waals surface area contributed by atoms with Gasteiger partial charge in [0.1, 0.15) is 0 Å². The molecule has 7 atom stereocenters. The van der Waals surface area contributed by atoms with Crippen LogP contribution in [0, 0.1) is 29.6 Å². The highest BCUT2D eigenvalue weighted by Gasteiger charge is 2.47. The highest BCUT2D eigenvalue weighted by Crippen LogP contribution is 2.54. The molecular weight excluding hydrogens is 316 g/mol. The fraction of sp³-hybridized carbons (Fsp3) is 0.762. The monoisotopic (exact) mass is 346 g/mol. The molecule has 4 aliphatic carbocycles. The number of aliphatic hydroxyl groups excluding tert-OH is 1. The van der Waals surface area contributed by atoms with Gasteiger partial charge in [-0.3, -0.25) is 4.79 Å². The number of carboxylic acid groups (broad SMARTS) is 1. The van der Waals surface area contributed by atoms with Crippen molar-refractivity contribution in [3.05, 3.63) is 23.3 Å². The predicted octanol–water partition coefficient (Wildman–Crippen LogP) is 3.29. The van der Waals surface area contributed by atoms with Crippen LogP contribution in [0.5, 0.6) is 0 Å². The Hall–Kier alpha value is -1.13. The van der Waals surface area contributed by atoms with Gasteiger partial charge in [0, 0.05) is 5.92 Å². The Morgan fingerprint density at radius 2 is 2.08 bits per heavy atom. The lowest BCUT2D eigenvalue weighted by atomic mass is 9.75. The zero-order valence-electron chi connectivity index (χ0n) is 15.0. The maximum absolute atomic E-state index is 11.3. The van der Waals surface area contributed by atoms with Crippen molar-refractivity contribution in [3.63, 3.8) is 0 Å². The third-order valence-electron chi connectivity index (χ3n) is 7.63. The zero-order valence-corrected chi connectivity index (χ0v) is 15.0. The number of fused-ring (bicyclic) bond motifs is 1. The third kappa shape index (κ3) is 2.87. The minimum atomic E-state index is -0.708. The SMILES string of the molecule is CC1CCC[C@]1(O)/C=C/[C@H]1C(O)C[C@@H]2C/C(=C3/CCC3C(=O)O)C[C@@H]21. The van der Waals surface area contributed by atoms with Crippen LogP contribution >= 0.6 is 0 Å². The van der Waals surface area contributed by atoms with Gasteiger partial charge in [-0.25, -0.2) is 0 Å². The van der Waals surface area contributed by atoms with Crippen molar-refractivity contribution in [1.82, 2.24) is 0 Å². The smallest absolute Gasteiger partial charge is 0.310 e. The van der Waals surface area contributed by atoms with Crippen LogP contribution in [0.25, 0.3) is 0 Å². The van der Waals surface area contributed by atoms with Gasteiger partial charge in [-0.1, -0.05) is 30.2 Å². The van der Waals surface area contributed by atoms with E-state index in [4.69, 9.17) is 0 Å². The molecule has 0 radical (unpaired) electrons. The third-order valence-corrected chi connectivity index (χ3v) is 7.63. The molecule has 0 aliphatic heterocycles. The van der Waals surface area contributed by atoms with Crippen LogP contribution < -0.4 is 0 Å². The van der Waals surface area contributed by atoms with E-state index in [1.165, 1.54) is 11.1 Å². The van der Waals surface area contributed by atoms with E-state index in [0.29, 0.717) is 11.8 Å². The topological polar surface area (TPSA) is 77.8 Å². The van der Waals surface area contributed by atoms with Crippen LogP contribution in [0.1, 0.15) is 58.3 Å². The number of hydrogen-bond acceptors (Lipinski definition) is 3. The maximum Gasteiger partial charge on any atom is 0.310 e. The first-order valence-corrected chi connectivity index (χ1v) is 9.92. The molecule has 4 heteroatoms. The van der Waals surface area contributed by atoms with Crippen LogP contribution in [0.15, 0.2) is 23.3 Å². The summed E-state index contributed by atoms with van der Waals surface area (Å²) in [6, 6.07) is 0. The van der Waals surface area contributed by atoms with Crippen molar-refractivity contribution in [2.75, 3.05) is 0 Å². The van der Waals surface area contributed by atoms with Crippen molar-refractivity contribution in [1.29, 1.82) is 0 Å². The Labute approximate surface area is 149 Å². The summed E-state index contributed by atoms with van der Waals surface area (Å²) < 4.78 is 0. The standard InChI is InChI=1S/C21H30O4/c1-12-3-2-7-21(12,25)8-6-16-18-10-13(9-14(18)11-19(16)22)15-4-5-17(15)20(23)24/h6,8,12,14,16-19,22,25H,2-5,7,9-11H2,1H3,(H,23,24)/b8-6+,15-13+/t12?,14-,16+,17?,18-,19?,21-/m0/s1. The van der Waals surface area contributed by atoms with Gasteiger partial charge in [-0.2, -0.15) is 0 Å². The molecule has 3 N–H and O–H groups in total. The van der Waals surface area contributed by atoms with Gasteiger partial charge in [0.15, 0.2) is 0 Å². The van der Waals surface area contributed by atoms with Crippen LogP contribution in [0.4, 0.5) is 0 Å². The Morgan fingerprint density at radius 3 is 2.68 bits per heavy atom. The highest BCUT2D eigenvalue weighted by atomic mass is 16.4. The van der Waals surface area contributed by atoms with E-state index in [2.05, 4.69) is 13.0 Å². The molecule has 138 valence electrons. The summed E-state index contributed by atoms with van der Waals surface area (Å²) in [5.41, 5.74) is 1.81. The Bertz CT molecular complexity index is 621. The minimum Gasteiger partial charge on any atom is -0.481 e. The molecule has 3 unspecified atom stereocenters. The van der Waals surface area contributed by atoms with E-state index in [1.807, 2.05) is 6.08 Å². The first-order valence-electron chi connectivity index (χ1n) is 9.92. The average Bonchev–Trinajstić information content (AvgIpc) is 3.10. The van der Waals surface area contributed by atoms with Crippen molar-refractivity contribution in [3.8, 4) is 0 Å². The van der Waals surface area contributed by atoms with Crippen LogP contribution in [-0.4, -0.2) is 33.0 Å². The van der Waals surface area contributed by atoms with Gasteiger partial charge >= 0.3 is 5.97 Å². The summed E-state index contributed by atoms with van der Waals surface area (Å²) in [7, 11) is 0. The highest BCUT2D eigenvalue weighted by molar-refractivity contribution is 5.75. The number of aliphatic carboxylic acids is 1. The Morgan fingerprint density at radius 1 is 1.28 bits per heavy atom. The summed E-state index contributed by atoms with van der Waals surface area (Å²) in [5, 5.41) is 30.6. The van der Waals surface area contributed by atoms with Crippen molar-refractivity contribution >= 4 is 5.97 Å². The molecule has 4 rings (SSSR count). The second kappa shape index (κ2) is 6.24. The molecular formula is C21H30O4. The molecule has 0 spiro atoms. The number of hydrogen-bond donors (Lipinski definition) is 3. The van der Waals surface area contributed by atoms with E-state index >= 15 is 0 Å². The van der Waals surface area contributed by atoms with Crippen molar-refractivity contribution in [2.45, 2.75) is 70.0 Å². The molecule has 0 aromatic carbocycles. The van der Waals surface area contributed by atoms with Gasteiger partial charge < -0.3 is 15.3 Å². The van der Waals surface area contributed by atoms with E-state index < -0.39 is 11.6 Å². The number of carboxylic acids is 1. The summed E-state index contributed by atoms with van der Waals surface area (Å²) in [4.78, 5) is 11.3. The number of carbonyl (C=O) groups is 1. The van der Waals surface area contributed by atoms with Crippen molar-refractivity contribution < 1.29 is 20.1 Å². The summed E-state index contributed by atoms with van der Waals surface area (Å²) in [6.45, 7) is 2.10. The van der Waals surface area contributed by atoms with E-state index in [-0.39, 0.29) is 23.9 Å². The summed E-state index contributed by atoms with van der Waals surface area (Å²) >= 11 is 0. The zero-order chi connectivity index (χ0) is 17.8. The molecule has 0 saturated heterocycles. The molecule has 4 nitrogen and oxygen atoms in total. The van der Waals surface area contributed by atoms with E-state index in [9.17, 15) is 20.1 Å². The van der Waals surface area contributed by atoms with Gasteiger partial charge in [0.05, 0.1) is 17.6 Å². The molecule has 0 amide bonds. The van der Waals surface area contributed by atoms with Crippen molar-refractivity contribution in [2.24, 2.45) is 29.6 Å². The average molecular weight is 346 g/mol. The second-order valence-corrected chi connectivity index (χ2v) is 8.91. The van der Waals surface area contributed by atoms with Gasteiger partial charge in [0.25, 0.3) is 0 Å². The predicted molar refractivity (Wildman–Crippen MR) is 94.8 cm³/mol. The van der Waals surface area contributed by atoms with E-state index in [1.54, 1.807) is 0 Å². The lowest BCUT2D eigenvalue weighted by molar-refractivity contribution is -0.142. The number of allylic oxidation sites excluding steroid dienone is 1. The van der Waals surface area contributed by atoms with Crippen LogP contribution in [-0.2, 0) is 4.79 Å². The van der Waals surface area contributed by atoms with Gasteiger partial charge in [-0.15, -0.1) is 0 Å². The van der Waals surface area contributed by atoms with Gasteiger partial charge in [0.2, 0.25) is 0 Å². The summed E-state index contributed by atoms with van der Waals surface area (Å²) in [5.74, 6) is 0.323. The van der Waals surface area contributed by atoms with Crippen LogP contribution in [0.2, 0.25) is 0 Å². The second-order valence-electron chi connectivity index (χ2n) is 8.91. The fourth-order valence-corrected chi connectivity index (χ4v) is 5.84. The molecule has 0 heterocycles. The normalized spacial score (nSPS) is 49.6. The number of aliphatic hydroxyl groups is 2. The molecule has 4 saturated carbocycles. The van der Waals surface area contributed by atoms with E-state index in [0.717, 1.165) is 51.4 Å². The minimum absolute atomic E-state index is 0.100. The summed E-state index contributed by atoms with van der Waals surface area (Å²) in [6.07, 6.45) is 11.1. The van der Waals surface area contributed by atoms with Gasteiger partial charge in [-0.05, 0) is 69.1 Å². The largest absolute Gasteiger partial charge is 0.481 e. The lowest BCUT2D eigenvalue weighted by Gasteiger charge is -2.29.